The van der Waals surface area contributed by atoms with Crippen LogP contribution in [0, 0.1) is 23.6 Å². The van der Waals surface area contributed by atoms with Crippen LogP contribution in [0.2, 0.25) is 5.02 Å². The molecule has 0 aliphatic heterocycles. The number of hydrogen-bond donors (Lipinski definition) is 2. The lowest BCUT2D eigenvalue weighted by Crippen LogP contribution is -2.22. The number of nitrogens with zero attached hydrogens (tertiary/aromatic N) is 2. The Morgan fingerprint density at radius 3 is 2.57 bits per heavy atom. The smallest absolute Gasteiger partial charge is 0.274 e. The lowest BCUT2D eigenvalue weighted by molar-refractivity contribution is 0.101. The van der Waals surface area contributed by atoms with Gasteiger partial charge in [0, 0.05) is 18.7 Å². The molecule has 7 nitrogen and oxygen atoms in total. The number of benzene rings is 1. The van der Waals surface area contributed by atoms with Crippen LogP contribution in [0.3, 0.4) is 0 Å². The maximum absolute atomic E-state index is 13.4. The quantitative estimate of drug-likeness (QED) is 0.722. The summed E-state index contributed by atoms with van der Waals surface area (Å²) in [5.74, 6) is 0.291. The number of nitrogens with one attached hydrogen (secondary N) is 1. The second kappa shape index (κ2) is 7.94. The van der Waals surface area contributed by atoms with Gasteiger partial charge in [0.05, 0.1) is 22.8 Å². The van der Waals surface area contributed by atoms with Gasteiger partial charge in [0.25, 0.3) is 5.91 Å². The van der Waals surface area contributed by atoms with E-state index in [1.807, 2.05) is 0 Å². The zero-order valence-electron chi connectivity index (χ0n) is 16.5. The number of halogens is 2. The highest BCUT2D eigenvalue weighted by atomic mass is 35.5. The van der Waals surface area contributed by atoms with E-state index in [4.69, 9.17) is 16.7 Å². The van der Waals surface area contributed by atoms with Crippen LogP contribution in [-0.2, 0) is 17.1 Å². The molecule has 1 aromatic carbocycles. The Labute approximate surface area is 179 Å². The minimum Gasteiger partial charge on any atom is -0.329 e. The van der Waals surface area contributed by atoms with E-state index in [-0.39, 0.29) is 28.5 Å². The topological polar surface area (TPSA) is 107 Å². The largest absolute Gasteiger partial charge is 0.329 e. The van der Waals surface area contributed by atoms with E-state index in [2.05, 4.69) is 10.3 Å². The number of nitrogens with two attached hydrogens (primary N) is 1. The number of aryl methyl sites for hydroxylation is 1. The minimum absolute atomic E-state index is 0.0438. The molecule has 4 rings (SSSR count). The summed E-state index contributed by atoms with van der Waals surface area (Å²) in [4.78, 5) is 17.4. The van der Waals surface area contributed by atoms with Gasteiger partial charge in [-0.3, -0.25) is 4.79 Å². The Bertz CT molecular complexity index is 1070. The van der Waals surface area contributed by atoms with Crippen molar-refractivity contribution in [2.45, 2.75) is 31.6 Å². The van der Waals surface area contributed by atoms with Gasteiger partial charge in [0.2, 0.25) is 10.0 Å². The van der Waals surface area contributed by atoms with Crippen LogP contribution in [0.4, 0.5) is 10.1 Å². The van der Waals surface area contributed by atoms with Crippen molar-refractivity contribution in [3.8, 4) is 0 Å². The maximum Gasteiger partial charge on any atom is 0.274 e. The van der Waals surface area contributed by atoms with Crippen molar-refractivity contribution in [1.29, 1.82) is 0 Å². The summed E-state index contributed by atoms with van der Waals surface area (Å²) in [7, 11) is -1.69. The van der Waals surface area contributed by atoms with Gasteiger partial charge in [-0.15, -0.1) is 0 Å². The molecule has 0 radical (unpaired) electrons. The van der Waals surface area contributed by atoms with E-state index in [0.717, 1.165) is 31.4 Å². The molecule has 3 N–H and O–H groups in total. The third-order valence-corrected chi connectivity index (χ3v) is 7.55. The first-order valence-electron chi connectivity index (χ1n) is 9.88. The summed E-state index contributed by atoms with van der Waals surface area (Å²) in [6.45, 7) is 0. The fraction of sp³-hybridized carbons (Fsp3) is 0.500. The zero-order valence-corrected chi connectivity index (χ0v) is 18.1. The zero-order chi connectivity index (χ0) is 21.6. The summed E-state index contributed by atoms with van der Waals surface area (Å²) in [6, 6.07) is 4.04. The number of aromatic nitrogens is 2. The van der Waals surface area contributed by atoms with Gasteiger partial charge in [-0.25, -0.2) is 22.9 Å². The monoisotopic (exact) mass is 454 g/mol. The number of fused-ring (bicyclic) bond motifs is 1. The number of imidazole rings is 1. The molecule has 1 amide bonds. The minimum atomic E-state index is -3.46. The van der Waals surface area contributed by atoms with Crippen molar-refractivity contribution in [2.75, 3.05) is 11.1 Å². The van der Waals surface area contributed by atoms with Gasteiger partial charge in [-0.05, 0) is 61.6 Å². The molecule has 30 heavy (non-hydrogen) atoms. The molecule has 2 aromatic rings. The highest BCUT2D eigenvalue weighted by Gasteiger charge is 2.44. The van der Waals surface area contributed by atoms with Gasteiger partial charge in [-0.2, -0.15) is 0 Å². The summed E-state index contributed by atoms with van der Waals surface area (Å²) in [5, 5.41) is 7.92. The Morgan fingerprint density at radius 2 is 1.97 bits per heavy atom. The number of primary sulfonamides is 1. The molecule has 2 aliphatic carbocycles. The first-order valence-corrected chi connectivity index (χ1v) is 12.0. The first-order chi connectivity index (χ1) is 14.1. The molecule has 1 heterocycles. The van der Waals surface area contributed by atoms with Crippen molar-refractivity contribution in [3.63, 3.8) is 0 Å². The first kappa shape index (κ1) is 21.3. The van der Waals surface area contributed by atoms with Crippen molar-refractivity contribution in [1.82, 2.24) is 9.55 Å². The summed E-state index contributed by atoms with van der Waals surface area (Å²) < 4.78 is 37.9. The predicted octanol–water partition coefficient (Wildman–Crippen LogP) is 3.27. The SMILES string of the molecule is Cn1cnc(C2CC3CC(CS(N)(=O)=O)CC3C2)c1C(=O)Nc1ccc(F)c(Cl)c1. The molecule has 2 saturated carbocycles. The number of carbonyl (C=O) groups excluding carboxylic acids is 1. The van der Waals surface area contributed by atoms with Crippen LogP contribution < -0.4 is 10.5 Å². The van der Waals surface area contributed by atoms with E-state index in [1.165, 1.54) is 18.2 Å². The Balaban J connectivity index is 1.47. The van der Waals surface area contributed by atoms with Gasteiger partial charge < -0.3 is 9.88 Å². The fourth-order valence-corrected chi connectivity index (χ4v) is 6.33. The molecule has 2 unspecified atom stereocenters. The van der Waals surface area contributed by atoms with E-state index >= 15 is 0 Å². The van der Waals surface area contributed by atoms with E-state index in [9.17, 15) is 17.6 Å². The van der Waals surface area contributed by atoms with Gasteiger partial charge in [-0.1, -0.05) is 11.6 Å². The molecule has 2 atom stereocenters. The van der Waals surface area contributed by atoms with Gasteiger partial charge in [0.15, 0.2) is 0 Å². The molecular weight excluding hydrogens is 431 g/mol. The lowest BCUT2D eigenvalue weighted by atomic mass is 9.95. The molecule has 1 aromatic heterocycles. The lowest BCUT2D eigenvalue weighted by Gasteiger charge is -2.15. The third-order valence-electron chi connectivity index (χ3n) is 6.33. The standard InChI is InChI=1S/C20H24ClFN4O3S/c1-26-10-24-18(19(26)20(27)25-15-2-3-17(22)16(21)8-15)14-6-12-4-11(5-13(12)7-14)9-30(23,28)29/h2-3,8,10-14H,4-7,9H2,1H3,(H,25,27)(H2,23,28,29). The van der Waals surface area contributed by atoms with Crippen LogP contribution >= 0.6 is 11.6 Å². The number of amides is 1. The van der Waals surface area contributed by atoms with Crippen LogP contribution in [-0.4, -0.2) is 29.6 Å². The molecule has 10 heteroatoms. The molecule has 162 valence electrons. The van der Waals surface area contributed by atoms with Crippen LogP contribution in [0.5, 0.6) is 0 Å². The van der Waals surface area contributed by atoms with Crippen molar-refractivity contribution in [3.05, 3.63) is 46.8 Å². The highest BCUT2D eigenvalue weighted by Crippen LogP contribution is 2.52. The Hall–Kier alpha value is -1.97. The Kier molecular flexibility index (Phi) is 5.63. The van der Waals surface area contributed by atoms with Gasteiger partial charge in [0.1, 0.15) is 11.5 Å². The molecular formula is C20H24ClFN4O3S. The normalized spacial score (nSPS) is 26.0. The molecule has 2 aliphatic rings. The predicted molar refractivity (Wildman–Crippen MR) is 112 cm³/mol. The number of anilines is 1. The number of rotatable bonds is 5. The molecule has 0 spiro atoms. The van der Waals surface area contributed by atoms with Crippen molar-refractivity contribution < 1.29 is 17.6 Å². The van der Waals surface area contributed by atoms with Crippen LogP contribution in [0.15, 0.2) is 24.5 Å². The number of carbonyl (C=O) groups is 1. The fourth-order valence-electron chi connectivity index (χ4n) is 5.22. The van der Waals surface area contributed by atoms with Crippen molar-refractivity contribution in [2.24, 2.45) is 29.9 Å². The summed E-state index contributed by atoms with van der Waals surface area (Å²) >= 11 is 5.81. The average molecular weight is 455 g/mol. The summed E-state index contributed by atoms with van der Waals surface area (Å²) in [6.07, 6.45) is 5.08. The molecule has 2 fully saturated rings. The summed E-state index contributed by atoms with van der Waals surface area (Å²) in [5.41, 5.74) is 1.63. The second-order valence-corrected chi connectivity index (χ2v) is 10.6. The number of sulfonamides is 1. The van der Waals surface area contributed by atoms with E-state index < -0.39 is 15.8 Å². The van der Waals surface area contributed by atoms with Crippen molar-refractivity contribution >= 4 is 33.2 Å². The van der Waals surface area contributed by atoms with E-state index in [0.29, 0.717) is 23.2 Å². The number of hydrogen-bond acceptors (Lipinski definition) is 4. The maximum atomic E-state index is 13.4. The molecule has 0 bridgehead atoms. The van der Waals surface area contributed by atoms with Gasteiger partial charge >= 0.3 is 0 Å². The Morgan fingerprint density at radius 1 is 1.30 bits per heavy atom. The average Bonchev–Trinajstić information content (AvgIpc) is 3.29. The van der Waals surface area contributed by atoms with Crippen LogP contribution in [0.25, 0.3) is 0 Å². The van der Waals surface area contributed by atoms with Crippen LogP contribution in [0.1, 0.15) is 47.8 Å². The highest BCUT2D eigenvalue weighted by molar-refractivity contribution is 7.89. The second-order valence-electron chi connectivity index (χ2n) is 8.53. The molecule has 0 saturated heterocycles. The third kappa shape index (κ3) is 4.38. The van der Waals surface area contributed by atoms with E-state index in [1.54, 1.807) is 17.9 Å².